The molecule has 0 aromatic heterocycles. The lowest BCUT2D eigenvalue weighted by Crippen LogP contribution is -2.43. The van der Waals surface area contributed by atoms with Gasteiger partial charge in [-0.05, 0) is 25.7 Å². The lowest BCUT2D eigenvalue weighted by atomic mass is 9.76. The third-order valence-corrected chi connectivity index (χ3v) is 4.53. The second kappa shape index (κ2) is 6.37. The number of hydrogen-bond donors (Lipinski definition) is 3. The van der Waals surface area contributed by atoms with Gasteiger partial charge >= 0.3 is 5.97 Å². The first-order chi connectivity index (χ1) is 8.81. The summed E-state index contributed by atoms with van der Waals surface area (Å²) in [6.07, 6.45) is 2.76. The summed E-state index contributed by atoms with van der Waals surface area (Å²) in [7, 11) is 0. The van der Waals surface area contributed by atoms with Gasteiger partial charge < -0.3 is 15.5 Å². The van der Waals surface area contributed by atoms with E-state index >= 15 is 0 Å². The van der Waals surface area contributed by atoms with Crippen molar-refractivity contribution < 1.29 is 19.8 Å². The van der Waals surface area contributed by atoms with Crippen LogP contribution in [0.1, 0.15) is 46.5 Å². The summed E-state index contributed by atoms with van der Waals surface area (Å²) < 4.78 is 0. The van der Waals surface area contributed by atoms with Crippen molar-refractivity contribution in [3.8, 4) is 0 Å². The molecule has 1 fully saturated rings. The second-order valence-corrected chi connectivity index (χ2v) is 6.10. The van der Waals surface area contributed by atoms with Crippen molar-refractivity contribution in [2.24, 2.45) is 17.3 Å². The zero-order chi connectivity index (χ0) is 14.6. The van der Waals surface area contributed by atoms with Crippen molar-refractivity contribution in [1.82, 2.24) is 5.32 Å². The topological polar surface area (TPSA) is 86.6 Å². The summed E-state index contributed by atoms with van der Waals surface area (Å²) in [5.74, 6) is -1.18. The van der Waals surface area contributed by atoms with Crippen LogP contribution in [0.4, 0.5) is 0 Å². The highest BCUT2D eigenvalue weighted by molar-refractivity contribution is 5.85. The highest BCUT2D eigenvalue weighted by Crippen LogP contribution is 2.32. The first-order valence-electron chi connectivity index (χ1n) is 6.95. The fourth-order valence-electron chi connectivity index (χ4n) is 2.56. The van der Waals surface area contributed by atoms with Crippen molar-refractivity contribution in [1.29, 1.82) is 0 Å². The summed E-state index contributed by atoms with van der Waals surface area (Å²) in [5.41, 5.74) is -1.04. The van der Waals surface area contributed by atoms with Crippen LogP contribution in [0, 0.1) is 17.3 Å². The Bertz CT molecular complexity index is 342. The zero-order valence-electron chi connectivity index (χ0n) is 12.0. The number of nitrogens with one attached hydrogen (secondary N) is 1. The van der Waals surface area contributed by atoms with Crippen LogP contribution >= 0.6 is 0 Å². The Balaban J connectivity index is 2.61. The molecule has 3 N–H and O–H groups in total. The van der Waals surface area contributed by atoms with E-state index in [1.54, 1.807) is 6.92 Å². The van der Waals surface area contributed by atoms with Crippen LogP contribution < -0.4 is 5.32 Å². The molecule has 0 aliphatic heterocycles. The molecule has 110 valence electrons. The van der Waals surface area contributed by atoms with Crippen LogP contribution in [0.25, 0.3) is 0 Å². The molecule has 0 saturated heterocycles. The van der Waals surface area contributed by atoms with Crippen LogP contribution in [0.5, 0.6) is 0 Å². The average molecular weight is 271 g/mol. The summed E-state index contributed by atoms with van der Waals surface area (Å²) >= 11 is 0. The Kier molecular flexibility index (Phi) is 5.35. The fraction of sp³-hybridized carbons (Fsp3) is 0.857. The van der Waals surface area contributed by atoms with Gasteiger partial charge in [-0.2, -0.15) is 0 Å². The minimum absolute atomic E-state index is 0.0114. The molecule has 0 heterocycles. The Morgan fingerprint density at radius 3 is 2.47 bits per heavy atom. The van der Waals surface area contributed by atoms with Crippen molar-refractivity contribution in [2.75, 3.05) is 6.61 Å². The Morgan fingerprint density at radius 2 is 2.00 bits per heavy atom. The Labute approximate surface area is 114 Å². The molecule has 1 amide bonds. The molecule has 0 bridgehead atoms. The monoisotopic (exact) mass is 271 g/mol. The van der Waals surface area contributed by atoms with Gasteiger partial charge in [-0.15, -0.1) is 0 Å². The van der Waals surface area contributed by atoms with Gasteiger partial charge in [0.05, 0.1) is 5.41 Å². The van der Waals surface area contributed by atoms with Crippen molar-refractivity contribution in [3.63, 3.8) is 0 Å². The number of carboxylic acid groups (broad SMARTS) is 1. The van der Waals surface area contributed by atoms with E-state index in [1.165, 1.54) is 0 Å². The Hall–Kier alpha value is -1.10. The molecule has 1 aliphatic rings. The van der Waals surface area contributed by atoms with E-state index in [0.717, 1.165) is 19.3 Å². The molecule has 3 atom stereocenters. The largest absolute Gasteiger partial charge is 0.481 e. The Morgan fingerprint density at radius 1 is 1.37 bits per heavy atom. The number of hydrogen-bond acceptors (Lipinski definition) is 3. The van der Waals surface area contributed by atoms with Gasteiger partial charge in [-0.3, -0.25) is 9.59 Å². The molecule has 1 aliphatic carbocycles. The molecular weight excluding hydrogens is 246 g/mol. The van der Waals surface area contributed by atoms with E-state index in [4.69, 9.17) is 0 Å². The van der Waals surface area contributed by atoms with E-state index in [1.807, 2.05) is 13.8 Å². The highest BCUT2D eigenvalue weighted by atomic mass is 16.4. The molecule has 1 saturated carbocycles. The van der Waals surface area contributed by atoms with E-state index in [2.05, 4.69) is 5.32 Å². The number of amides is 1. The number of carbonyl (C=O) groups excluding carboxylic acids is 1. The standard InChI is InChI=1S/C14H25NO4/c1-9(2)14(3,13(18)19)7-12(17)15-11-6-4-5-10(11)8-16/h9-11,16H,4-8H2,1-3H3,(H,15,17)(H,18,19). The van der Waals surface area contributed by atoms with Crippen molar-refractivity contribution in [2.45, 2.75) is 52.5 Å². The maximum Gasteiger partial charge on any atom is 0.310 e. The van der Waals surface area contributed by atoms with Gasteiger partial charge in [0.2, 0.25) is 5.91 Å². The number of aliphatic hydroxyl groups is 1. The van der Waals surface area contributed by atoms with E-state index in [-0.39, 0.29) is 36.8 Å². The average Bonchev–Trinajstić information content (AvgIpc) is 2.75. The quantitative estimate of drug-likeness (QED) is 0.681. The zero-order valence-corrected chi connectivity index (χ0v) is 12.0. The van der Waals surface area contributed by atoms with E-state index in [0.29, 0.717) is 0 Å². The summed E-state index contributed by atoms with van der Waals surface area (Å²) in [6, 6.07) is -0.0114. The molecule has 0 radical (unpaired) electrons. The van der Waals surface area contributed by atoms with Gasteiger partial charge in [0.15, 0.2) is 0 Å². The summed E-state index contributed by atoms with van der Waals surface area (Å²) in [6.45, 7) is 5.31. The van der Waals surface area contributed by atoms with Gasteiger partial charge in [-0.1, -0.05) is 20.3 Å². The molecule has 5 heteroatoms. The minimum Gasteiger partial charge on any atom is -0.481 e. The predicted molar refractivity (Wildman–Crippen MR) is 71.6 cm³/mol. The van der Waals surface area contributed by atoms with E-state index < -0.39 is 11.4 Å². The number of aliphatic carboxylic acids is 1. The molecular formula is C14H25NO4. The predicted octanol–water partition coefficient (Wildman–Crippen LogP) is 1.40. The van der Waals surface area contributed by atoms with Crippen molar-refractivity contribution in [3.05, 3.63) is 0 Å². The summed E-state index contributed by atoms with van der Waals surface area (Å²) in [5, 5.41) is 21.4. The first kappa shape index (κ1) is 16.0. The fourth-order valence-corrected chi connectivity index (χ4v) is 2.56. The molecule has 1 rings (SSSR count). The van der Waals surface area contributed by atoms with Gasteiger partial charge in [0.25, 0.3) is 0 Å². The molecule has 19 heavy (non-hydrogen) atoms. The minimum atomic E-state index is -1.04. The maximum atomic E-state index is 12.0. The number of carboxylic acids is 1. The maximum absolute atomic E-state index is 12.0. The number of carbonyl (C=O) groups is 2. The molecule has 0 aromatic carbocycles. The first-order valence-corrected chi connectivity index (χ1v) is 6.95. The lowest BCUT2D eigenvalue weighted by Gasteiger charge is -2.29. The van der Waals surface area contributed by atoms with Gasteiger partial charge in [0.1, 0.15) is 0 Å². The van der Waals surface area contributed by atoms with Crippen LogP contribution in [0.3, 0.4) is 0 Å². The lowest BCUT2D eigenvalue weighted by molar-refractivity contribution is -0.153. The third-order valence-electron chi connectivity index (χ3n) is 4.53. The molecule has 0 spiro atoms. The van der Waals surface area contributed by atoms with Gasteiger partial charge in [0, 0.05) is 25.0 Å². The SMILES string of the molecule is CC(C)C(C)(CC(=O)NC1CCCC1CO)C(=O)O. The molecule has 5 nitrogen and oxygen atoms in total. The van der Waals surface area contributed by atoms with E-state index in [9.17, 15) is 19.8 Å². The normalized spacial score (nSPS) is 26.2. The number of rotatable bonds is 6. The third kappa shape index (κ3) is 3.69. The second-order valence-electron chi connectivity index (χ2n) is 6.10. The van der Waals surface area contributed by atoms with Crippen LogP contribution in [-0.4, -0.2) is 34.7 Å². The summed E-state index contributed by atoms with van der Waals surface area (Å²) in [4.78, 5) is 23.4. The highest BCUT2D eigenvalue weighted by Gasteiger charge is 2.39. The van der Waals surface area contributed by atoms with Crippen LogP contribution in [0.2, 0.25) is 0 Å². The molecule has 3 unspecified atom stereocenters. The van der Waals surface area contributed by atoms with Crippen LogP contribution in [0.15, 0.2) is 0 Å². The van der Waals surface area contributed by atoms with Crippen molar-refractivity contribution >= 4 is 11.9 Å². The van der Waals surface area contributed by atoms with Crippen LogP contribution in [-0.2, 0) is 9.59 Å². The molecule has 0 aromatic rings. The van der Waals surface area contributed by atoms with Gasteiger partial charge in [-0.25, -0.2) is 0 Å². The number of aliphatic hydroxyl groups excluding tert-OH is 1. The smallest absolute Gasteiger partial charge is 0.310 e.